The summed E-state index contributed by atoms with van der Waals surface area (Å²) in [6, 6.07) is 17.4. The third kappa shape index (κ3) is 6.11. The van der Waals surface area contributed by atoms with Gasteiger partial charge in [0.05, 0.1) is 23.7 Å². The summed E-state index contributed by atoms with van der Waals surface area (Å²) in [4.78, 5) is 51.1. The lowest BCUT2D eigenvalue weighted by Crippen LogP contribution is -2.43. The second-order valence-corrected chi connectivity index (χ2v) is 8.61. The largest absolute Gasteiger partial charge is 0.467 e. The van der Waals surface area contributed by atoms with Gasteiger partial charge in [-0.1, -0.05) is 35.9 Å². The Bertz CT molecular complexity index is 1470. The number of para-hydroxylation sites is 1. The molecule has 0 aliphatic heterocycles. The third-order valence-corrected chi connectivity index (χ3v) is 5.94. The first-order valence-corrected chi connectivity index (χ1v) is 11.8. The van der Waals surface area contributed by atoms with E-state index in [2.05, 4.69) is 10.6 Å². The van der Waals surface area contributed by atoms with E-state index in [0.717, 1.165) is 10.1 Å². The predicted molar refractivity (Wildman–Crippen MR) is 136 cm³/mol. The number of fused-ring (bicyclic) bond motifs is 1. The first-order chi connectivity index (χ1) is 17.4. The van der Waals surface area contributed by atoms with Crippen LogP contribution in [0.25, 0.3) is 10.9 Å². The van der Waals surface area contributed by atoms with Crippen LogP contribution in [-0.2, 0) is 35.6 Å². The van der Waals surface area contributed by atoms with Crippen LogP contribution in [0.3, 0.4) is 0 Å². The molecule has 36 heavy (non-hydrogen) atoms. The van der Waals surface area contributed by atoms with Crippen molar-refractivity contribution in [3.05, 3.63) is 104 Å². The molecule has 2 aromatic heterocycles. The molecule has 0 saturated heterocycles. The molecule has 0 radical (unpaired) electrons. The molecule has 4 rings (SSSR count). The second kappa shape index (κ2) is 11.5. The van der Waals surface area contributed by atoms with Crippen molar-refractivity contribution in [3.8, 4) is 0 Å². The number of rotatable bonds is 10. The molecule has 0 spiro atoms. The number of amides is 2. The molecule has 2 amide bonds. The van der Waals surface area contributed by atoms with Crippen LogP contribution >= 0.6 is 11.6 Å². The molecular weight excluding hydrogens is 484 g/mol. The molecule has 0 saturated carbocycles. The Hall–Kier alpha value is -4.11. The van der Waals surface area contributed by atoms with E-state index in [1.807, 2.05) is 12.1 Å². The summed E-state index contributed by atoms with van der Waals surface area (Å²) in [6.07, 6.45) is 2.07. The highest BCUT2D eigenvalue weighted by Gasteiger charge is 2.16. The maximum atomic E-state index is 13.2. The average Bonchev–Trinajstić information content (AvgIpc) is 3.40. The number of nitrogens with zero attached hydrogens (tertiary/aromatic N) is 2. The molecule has 0 aliphatic carbocycles. The van der Waals surface area contributed by atoms with Gasteiger partial charge in [-0.3, -0.25) is 23.5 Å². The Morgan fingerprint density at radius 1 is 0.889 bits per heavy atom. The lowest BCUT2D eigenvalue weighted by molar-refractivity contribution is -0.122. The molecule has 0 unspecified atom stereocenters. The van der Waals surface area contributed by atoms with E-state index in [-0.39, 0.29) is 32.0 Å². The van der Waals surface area contributed by atoms with Gasteiger partial charge >= 0.3 is 5.69 Å². The summed E-state index contributed by atoms with van der Waals surface area (Å²) < 4.78 is 7.45. The number of carbonyl (C=O) groups is 2. The summed E-state index contributed by atoms with van der Waals surface area (Å²) in [5.41, 5.74) is 0.223. The summed E-state index contributed by atoms with van der Waals surface area (Å²) in [5.74, 6) is -0.123. The molecule has 0 bridgehead atoms. The highest BCUT2D eigenvalue weighted by molar-refractivity contribution is 6.30. The van der Waals surface area contributed by atoms with Crippen molar-refractivity contribution in [1.29, 1.82) is 0 Å². The Labute approximate surface area is 211 Å². The number of aromatic nitrogens is 2. The van der Waals surface area contributed by atoms with Gasteiger partial charge in [0.1, 0.15) is 12.3 Å². The van der Waals surface area contributed by atoms with Gasteiger partial charge in [-0.25, -0.2) is 4.79 Å². The second-order valence-electron chi connectivity index (χ2n) is 8.18. The van der Waals surface area contributed by atoms with Crippen LogP contribution in [-0.4, -0.2) is 27.5 Å². The van der Waals surface area contributed by atoms with Gasteiger partial charge in [0, 0.05) is 24.5 Å². The molecule has 2 N–H and O–H groups in total. The zero-order valence-corrected chi connectivity index (χ0v) is 20.2. The zero-order chi connectivity index (χ0) is 25.5. The van der Waals surface area contributed by atoms with Crippen LogP contribution in [0.1, 0.15) is 17.7 Å². The van der Waals surface area contributed by atoms with Gasteiger partial charge in [0.2, 0.25) is 11.8 Å². The van der Waals surface area contributed by atoms with Crippen molar-refractivity contribution < 1.29 is 14.0 Å². The Kier molecular flexibility index (Phi) is 8.02. The Balaban J connectivity index is 1.44. The van der Waals surface area contributed by atoms with Gasteiger partial charge in [-0.2, -0.15) is 0 Å². The van der Waals surface area contributed by atoms with Gasteiger partial charge < -0.3 is 15.1 Å². The highest BCUT2D eigenvalue weighted by Crippen LogP contribution is 2.10. The van der Waals surface area contributed by atoms with E-state index < -0.39 is 17.2 Å². The highest BCUT2D eigenvalue weighted by atomic mass is 35.5. The Morgan fingerprint density at radius 2 is 1.67 bits per heavy atom. The third-order valence-electron chi connectivity index (χ3n) is 5.69. The summed E-state index contributed by atoms with van der Waals surface area (Å²) in [7, 11) is 0. The number of nitrogens with one attached hydrogen (secondary N) is 2. The minimum atomic E-state index is -0.652. The molecule has 4 aromatic rings. The SMILES string of the molecule is O=C(CCn1c(=O)c2ccccc2n(CC(=O)NCc2ccco2)c1=O)NCCc1ccc(Cl)cc1. The normalized spacial score (nSPS) is 10.9. The van der Waals surface area contributed by atoms with E-state index >= 15 is 0 Å². The quantitative estimate of drug-likeness (QED) is 0.341. The van der Waals surface area contributed by atoms with Crippen LogP contribution in [0.4, 0.5) is 0 Å². The molecular formula is C26H25ClN4O5. The number of halogens is 1. The number of benzene rings is 2. The van der Waals surface area contributed by atoms with Crippen molar-refractivity contribution in [3.63, 3.8) is 0 Å². The molecule has 10 heteroatoms. The standard InChI is InChI=1S/C26H25ClN4O5/c27-19-9-7-18(8-10-19)11-13-28-23(32)12-14-30-25(34)21-5-1-2-6-22(21)31(26(30)35)17-24(33)29-16-20-4-3-15-36-20/h1-10,15H,11-14,16-17H2,(H,28,32)(H,29,33). The number of furan rings is 1. The first kappa shape index (κ1) is 25.0. The van der Waals surface area contributed by atoms with E-state index in [1.54, 1.807) is 48.5 Å². The smallest absolute Gasteiger partial charge is 0.331 e. The fourth-order valence-corrected chi connectivity index (χ4v) is 3.94. The molecule has 9 nitrogen and oxygen atoms in total. The monoisotopic (exact) mass is 508 g/mol. The van der Waals surface area contributed by atoms with E-state index in [1.165, 1.54) is 10.8 Å². The van der Waals surface area contributed by atoms with Gasteiger partial charge in [0.25, 0.3) is 5.56 Å². The fraction of sp³-hybridized carbons (Fsp3) is 0.231. The van der Waals surface area contributed by atoms with Gasteiger partial charge in [0.15, 0.2) is 0 Å². The van der Waals surface area contributed by atoms with Crippen molar-refractivity contribution >= 4 is 34.3 Å². The maximum absolute atomic E-state index is 13.2. The minimum absolute atomic E-state index is 0.0568. The van der Waals surface area contributed by atoms with Crippen molar-refractivity contribution in [1.82, 2.24) is 19.8 Å². The van der Waals surface area contributed by atoms with E-state index in [4.69, 9.17) is 16.0 Å². The lowest BCUT2D eigenvalue weighted by atomic mass is 10.1. The van der Waals surface area contributed by atoms with E-state index in [9.17, 15) is 19.2 Å². The van der Waals surface area contributed by atoms with Crippen molar-refractivity contribution in [2.75, 3.05) is 6.54 Å². The zero-order valence-electron chi connectivity index (χ0n) is 19.4. The Morgan fingerprint density at radius 3 is 2.42 bits per heavy atom. The van der Waals surface area contributed by atoms with Crippen LogP contribution in [0, 0.1) is 0 Å². The molecule has 0 aliphatic rings. The number of hydrogen-bond donors (Lipinski definition) is 2. The van der Waals surface area contributed by atoms with Crippen LogP contribution in [0.5, 0.6) is 0 Å². The number of carbonyl (C=O) groups excluding carboxylic acids is 2. The number of hydrogen-bond acceptors (Lipinski definition) is 5. The van der Waals surface area contributed by atoms with E-state index in [0.29, 0.717) is 34.7 Å². The van der Waals surface area contributed by atoms with Crippen LogP contribution in [0.15, 0.2) is 80.9 Å². The summed E-state index contributed by atoms with van der Waals surface area (Å²) in [6.45, 7) is 0.193. The van der Waals surface area contributed by atoms with Crippen LogP contribution < -0.4 is 21.9 Å². The first-order valence-electron chi connectivity index (χ1n) is 11.4. The van der Waals surface area contributed by atoms with Crippen molar-refractivity contribution in [2.24, 2.45) is 0 Å². The lowest BCUT2D eigenvalue weighted by Gasteiger charge is -2.14. The van der Waals surface area contributed by atoms with Crippen LogP contribution in [0.2, 0.25) is 5.02 Å². The predicted octanol–water partition coefficient (Wildman–Crippen LogP) is 2.47. The van der Waals surface area contributed by atoms with Crippen molar-refractivity contribution in [2.45, 2.75) is 32.5 Å². The van der Waals surface area contributed by atoms with Gasteiger partial charge in [-0.15, -0.1) is 0 Å². The molecule has 0 fully saturated rings. The molecule has 186 valence electrons. The summed E-state index contributed by atoms with van der Waals surface area (Å²) >= 11 is 5.88. The van der Waals surface area contributed by atoms with Gasteiger partial charge in [-0.05, 0) is 48.4 Å². The topological polar surface area (TPSA) is 115 Å². The maximum Gasteiger partial charge on any atom is 0.331 e. The average molecular weight is 509 g/mol. The fourth-order valence-electron chi connectivity index (χ4n) is 3.82. The molecule has 2 heterocycles. The summed E-state index contributed by atoms with van der Waals surface area (Å²) in [5, 5.41) is 6.43. The molecule has 0 atom stereocenters. The molecule has 2 aromatic carbocycles. The minimum Gasteiger partial charge on any atom is -0.467 e.